The first-order valence-electron chi connectivity index (χ1n) is 5.72. The molecule has 1 aliphatic heterocycles. The van der Waals surface area contributed by atoms with Gasteiger partial charge in [0, 0.05) is 11.6 Å². The van der Waals surface area contributed by atoms with Crippen molar-refractivity contribution in [2.24, 2.45) is 0 Å². The molecule has 0 N–H and O–H groups in total. The average Bonchev–Trinajstić information content (AvgIpc) is 3.08. The summed E-state index contributed by atoms with van der Waals surface area (Å²) in [6.07, 6.45) is 0.240. The summed E-state index contributed by atoms with van der Waals surface area (Å²) in [7, 11) is 0. The highest BCUT2D eigenvalue weighted by Crippen LogP contribution is 2.20. The second kappa shape index (κ2) is 4.88. The highest BCUT2D eigenvalue weighted by Gasteiger charge is 2.22. The first kappa shape index (κ1) is 11.4. The van der Waals surface area contributed by atoms with Gasteiger partial charge in [-0.1, -0.05) is 5.16 Å². The third-order valence-electron chi connectivity index (χ3n) is 2.65. The van der Waals surface area contributed by atoms with Gasteiger partial charge in [0.05, 0.1) is 13.2 Å². The summed E-state index contributed by atoms with van der Waals surface area (Å²) >= 11 is 0. The first-order chi connectivity index (χ1) is 8.81. The number of hydrogen-bond acceptors (Lipinski definition) is 4. The zero-order chi connectivity index (χ0) is 12.4. The molecule has 1 aromatic carbocycles. The maximum atomic E-state index is 12.8. The van der Waals surface area contributed by atoms with Gasteiger partial charge >= 0.3 is 0 Å². The minimum Gasteiger partial charge on any atom is -0.371 e. The Morgan fingerprint density at radius 3 is 2.83 bits per heavy atom. The molecule has 2 aromatic rings. The number of halogens is 1. The van der Waals surface area contributed by atoms with Gasteiger partial charge in [-0.3, -0.25) is 0 Å². The van der Waals surface area contributed by atoms with Gasteiger partial charge in [0.2, 0.25) is 0 Å². The molecule has 4 nitrogen and oxygen atoms in total. The van der Waals surface area contributed by atoms with E-state index in [1.54, 1.807) is 18.2 Å². The van der Waals surface area contributed by atoms with E-state index in [1.165, 1.54) is 12.1 Å². The van der Waals surface area contributed by atoms with Crippen LogP contribution in [0.4, 0.5) is 4.39 Å². The van der Waals surface area contributed by atoms with Gasteiger partial charge < -0.3 is 14.0 Å². The van der Waals surface area contributed by atoms with E-state index in [9.17, 15) is 4.39 Å². The van der Waals surface area contributed by atoms with Gasteiger partial charge in [0.25, 0.3) is 0 Å². The summed E-state index contributed by atoms with van der Waals surface area (Å²) in [4.78, 5) is 0. The van der Waals surface area contributed by atoms with Gasteiger partial charge in [0.15, 0.2) is 5.76 Å². The molecule has 94 valence electrons. The smallest absolute Gasteiger partial charge is 0.163 e. The number of hydrogen-bond donors (Lipinski definition) is 0. The van der Waals surface area contributed by atoms with Crippen LogP contribution in [-0.2, 0) is 16.1 Å². The van der Waals surface area contributed by atoms with Crippen molar-refractivity contribution >= 4 is 0 Å². The summed E-state index contributed by atoms with van der Waals surface area (Å²) < 4.78 is 28.3. The molecule has 3 rings (SSSR count). The largest absolute Gasteiger partial charge is 0.371 e. The summed E-state index contributed by atoms with van der Waals surface area (Å²) in [5, 5.41) is 3.92. The van der Waals surface area contributed by atoms with Gasteiger partial charge in [-0.25, -0.2) is 4.39 Å². The molecule has 1 atom stereocenters. The third-order valence-corrected chi connectivity index (χ3v) is 2.65. The lowest BCUT2D eigenvalue weighted by Gasteiger charge is -1.96. The lowest BCUT2D eigenvalue weighted by atomic mass is 10.1. The second-order valence-corrected chi connectivity index (χ2v) is 4.16. The highest BCUT2D eigenvalue weighted by atomic mass is 19.1. The van der Waals surface area contributed by atoms with Crippen LogP contribution in [0.1, 0.15) is 5.76 Å². The fraction of sp³-hybridized carbons (Fsp3) is 0.308. The monoisotopic (exact) mass is 249 g/mol. The quantitative estimate of drug-likeness (QED) is 0.763. The molecule has 2 heterocycles. The minimum absolute atomic E-state index is 0.240. The second-order valence-electron chi connectivity index (χ2n) is 4.16. The van der Waals surface area contributed by atoms with Crippen molar-refractivity contribution in [3.05, 3.63) is 41.9 Å². The van der Waals surface area contributed by atoms with Crippen molar-refractivity contribution in [3.63, 3.8) is 0 Å². The normalized spacial score (nSPS) is 17.9. The molecule has 0 aliphatic carbocycles. The van der Waals surface area contributed by atoms with Crippen molar-refractivity contribution in [2.75, 3.05) is 13.2 Å². The van der Waals surface area contributed by atoms with Gasteiger partial charge in [-0.2, -0.15) is 0 Å². The van der Waals surface area contributed by atoms with Crippen LogP contribution in [-0.4, -0.2) is 24.5 Å². The fourth-order valence-electron chi connectivity index (χ4n) is 1.59. The van der Waals surface area contributed by atoms with Crippen LogP contribution < -0.4 is 0 Å². The third kappa shape index (κ3) is 2.75. The number of aromatic nitrogens is 1. The molecular formula is C13H12FNO3. The van der Waals surface area contributed by atoms with Gasteiger partial charge in [-0.05, 0) is 24.3 Å². The Labute approximate surface area is 103 Å². The van der Waals surface area contributed by atoms with Gasteiger partial charge in [-0.15, -0.1) is 0 Å². The molecule has 1 fully saturated rings. The molecule has 1 aliphatic rings. The topological polar surface area (TPSA) is 47.8 Å². The fourth-order valence-corrected chi connectivity index (χ4v) is 1.59. The Hall–Kier alpha value is -1.72. The average molecular weight is 249 g/mol. The Bertz CT molecular complexity index is 519. The predicted octanol–water partition coefficient (Wildman–Crippen LogP) is 2.40. The molecule has 1 saturated heterocycles. The van der Waals surface area contributed by atoms with Crippen LogP contribution in [0.15, 0.2) is 34.9 Å². The molecule has 0 radical (unpaired) electrons. The molecule has 1 aromatic heterocycles. The minimum atomic E-state index is -0.268. The van der Waals surface area contributed by atoms with E-state index in [4.69, 9.17) is 14.0 Å². The number of rotatable bonds is 5. The Morgan fingerprint density at radius 2 is 2.11 bits per heavy atom. The standard InChI is InChI=1S/C13H12FNO3/c14-10-3-1-9(2-4-10)13-5-11(18-15-13)6-16-7-12-8-17-12/h1-5,12H,6-8H2. The summed E-state index contributed by atoms with van der Waals surface area (Å²) in [5.41, 5.74) is 1.49. The molecule has 5 heteroatoms. The Kier molecular flexibility index (Phi) is 3.08. The van der Waals surface area contributed by atoms with E-state index in [0.717, 1.165) is 12.2 Å². The molecule has 1 unspecified atom stereocenters. The van der Waals surface area contributed by atoms with E-state index < -0.39 is 0 Å². The van der Waals surface area contributed by atoms with Crippen LogP contribution in [0.2, 0.25) is 0 Å². The SMILES string of the molecule is Fc1ccc(-c2cc(COCC3CO3)on2)cc1. The highest BCUT2D eigenvalue weighted by molar-refractivity contribution is 5.58. The lowest BCUT2D eigenvalue weighted by molar-refractivity contribution is 0.0872. The number of benzene rings is 1. The Morgan fingerprint density at radius 1 is 1.33 bits per heavy atom. The zero-order valence-corrected chi connectivity index (χ0v) is 9.64. The van der Waals surface area contributed by atoms with E-state index >= 15 is 0 Å². The van der Waals surface area contributed by atoms with Crippen LogP contribution in [0.5, 0.6) is 0 Å². The summed E-state index contributed by atoms with van der Waals surface area (Å²) in [6, 6.07) is 7.90. The van der Waals surface area contributed by atoms with Crippen molar-refractivity contribution in [3.8, 4) is 11.3 Å². The van der Waals surface area contributed by atoms with Crippen molar-refractivity contribution in [2.45, 2.75) is 12.7 Å². The van der Waals surface area contributed by atoms with Gasteiger partial charge in [0.1, 0.15) is 24.2 Å². The van der Waals surface area contributed by atoms with Crippen molar-refractivity contribution < 1.29 is 18.4 Å². The number of epoxide rings is 1. The summed E-state index contributed by atoms with van der Waals surface area (Å²) in [5.74, 6) is 0.380. The number of nitrogens with zero attached hydrogens (tertiary/aromatic N) is 1. The molecular weight excluding hydrogens is 237 g/mol. The first-order valence-corrected chi connectivity index (χ1v) is 5.72. The van der Waals surface area contributed by atoms with Crippen LogP contribution in [0, 0.1) is 5.82 Å². The molecule has 0 bridgehead atoms. The molecule has 0 amide bonds. The Balaban J connectivity index is 1.62. The van der Waals surface area contributed by atoms with Crippen LogP contribution in [0.25, 0.3) is 11.3 Å². The van der Waals surface area contributed by atoms with E-state index in [0.29, 0.717) is 24.7 Å². The van der Waals surface area contributed by atoms with Crippen LogP contribution >= 0.6 is 0 Å². The zero-order valence-electron chi connectivity index (χ0n) is 9.64. The van der Waals surface area contributed by atoms with E-state index in [1.807, 2.05) is 0 Å². The maximum Gasteiger partial charge on any atom is 0.163 e. The lowest BCUT2D eigenvalue weighted by Crippen LogP contribution is -2.00. The molecule has 0 spiro atoms. The summed E-state index contributed by atoms with van der Waals surface area (Å²) in [6.45, 7) is 1.72. The maximum absolute atomic E-state index is 12.8. The molecule has 18 heavy (non-hydrogen) atoms. The number of ether oxygens (including phenoxy) is 2. The van der Waals surface area contributed by atoms with Crippen molar-refractivity contribution in [1.29, 1.82) is 0 Å². The van der Waals surface area contributed by atoms with E-state index in [-0.39, 0.29) is 11.9 Å². The van der Waals surface area contributed by atoms with E-state index in [2.05, 4.69) is 5.16 Å². The predicted molar refractivity (Wildman–Crippen MR) is 61.3 cm³/mol. The van der Waals surface area contributed by atoms with Crippen LogP contribution in [0.3, 0.4) is 0 Å². The van der Waals surface area contributed by atoms with Crippen molar-refractivity contribution in [1.82, 2.24) is 5.16 Å². The molecule has 0 saturated carbocycles.